The second kappa shape index (κ2) is 5.73. The first-order valence-electron chi connectivity index (χ1n) is 6.16. The summed E-state index contributed by atoms with van der Waals surface area (Å²) in [4.78, 5) is 22.6. The van der Waals surface area contributed by atoms with E-state index in [9.17, 15) is 4.79 Å². The summed E-state index contributed by atoms with van der Waals surface area (Å²) in [5, 5.41) is 1.85. The van der Waals surface area contributed by atoms with Gasteiger partial charge in [0, 0.05) is 10.3 Å². The molecule has 0 spiro atoms. The number of thioether (sulfide) groups is 1. The molecule has 5 heteroatoms. The molecule has 0 N–H and O–H groups in total. The van der Waals surface area contributed by atoms with Crippen molar-refractivity contribution in [3.05, 3.63) is 52.5 Å². The maximum atomic E-state index is 12.1. The van der Waals surface area contributed by atoms with Crippen molar-refractivity contribution in [3.63, 3.8) is 0 Å². The van der Waals surface area contributed by atoms with Gasteiger partial charge in [0.2, 0.25) is 0 Å². The first-order chi connectivity index (χ1) is 9.74. The first kappa shape index (κ1) is 13.3. The van der Waals surface area contributed by atoms with Gasteiger partial charge in [-0.05, 0) is 25.1 Å². The molecule has 2 aromatic heterocycles. The van der Waals surface area contributed by atoms with Crippen molar-refractivity contribution in [2.45, 2.75) is 11.9 Å². The normalized spacial score (nSPS) is 10.8. The summed E-state index contributed by atoms with van der Waals surface area (Å²) in [5.74, 6) is 0.553. The molecule has 3 nitrogen and oxygen atoms in total. The van der Waals surface area contributed by atoms with E-state index >= 15 is 0 Å². The Morgan fingerprint density at radius 3 is 2.85 bits per heavy atom. The number of Topliss-reactive ketones (excluding diaryl/α,β-unsaturated/α-hetero) is 1. The molecule has 0 aliphatic rings. The molecule has 0 saturated carbocycles. The van der Waals surface area contributed by atoms with E-state index in [-0.39, 0.29) is 5.78 Å². The second-order valence-electron chi connectivity index (χ2n) is 4.32. The molecule has 0 saturated heterocycles. The Balaban J connectivity index is 1.79. The van der Waals surface area contributed by atoms with Crippen LogP contribution in [0.15, 0.2) is 47.8 Å². The van der Waals surface area contributed by atoms with E-state index in [0.717, 1.165) is 25.7 Å². The molecule has 2 heterocycles. The van der Waals surface area contributed by atoms with Crippen molar-refractivity contribution in [1.29, 1.82) is 0 Å². The standard InChI is InChI=1S/C15H12N2OS2/c1-10-6-7-14(20-10)13(18)8-19-15-11-4-2-3-5-12(11)16-9-17-15/h2-7,9H,8H2,1H3. The predicted molar refractivity (Wildman–Crippen MR) is 83.6 cm³/mol. The number of fused-ring (bicyclic) bond motifs is 1. The van der Waals surface area contributed by atoms with Crippen LogP contribution in [0.25, 0.3) is 10.9 Å². The smallest absolute Gasteiger partial charge is 0.183 e. The van der Waals surface area contributed by atoms with E-state index in [1.807, 2.05) is 43.3 Å². The number of nitrogens with zero attached hydrogens (tertiary/aromatic N) is 2. The Labute approximate surface area is 125 Å². The third-order valence-corrected chi connectivity index (χ3v) is 4.91. The zero-order valence-corrected chi connectivity index (χ0v) is 12.5. The molecule has 100 valence electrons. The molecule has 20 heavy (non-hydrogen) atoms. The molecule has 0 radical (unpaired) electrons. The van der Waals surface area contributed by atoms with Crippen molar-refractivity contribution in [3.8, 4) is 0 Å². The quantitative estimate of drug-likeness (QED) is 0.415. The number of aryl methyl sites for hydroxylation is 1. The van der Waals surface area contributed by atoms with Gasteiger partial charge in [0.1, 0.15) is 11.4 Å². The van der Waals surface area contributed by atoms with Crippen LogP contribution >= 0.6 is 23.1 Å². The minimum Gasteiger partial charge on any atom is -0.292 e. The van der Waals surface area contributed by atoms with Crippen LogP contribution < -0.4 is 0 Å². The molecule has 0 bridgehead atoms. The van der Waals surface area contributed by atoms with Crippen LogP contribution in [-0.2, 0) is 0 Å². The number of aromatic nitrogens is 2. The minimum atomic E-state index is 0.149. The van der Waals surface area contributed by atoms with Crippen molar-refractivity contribution < 1.29 is 4.79 Å². The summed E-state index contributed by atoms with van der Waals surface area (Å²) < 4.78 is 0. The predicted octanol–water partition coefficient (Wildman–Crippen LogP) is 3.97. The number of hydrogen-bond donors (Lipinski definition) is 0. The van der Waals surface area contributed by atoms with Crippen LogP contribution in [0.3, 0.4) is 0 Å². The van der Waals surface area contributed by atoms with E-state index in [4.69, 9.17) is 0 Å². The largest absolute Gasteiger partial charge is 0.292 e. The molecule has 3 rings (SSSR count). The summed E-state index contributed by atoms with van der Waals surface area (Å²) in [7, 11) is 0. The summed E-state index contributed by atoms with van der Waals surface area (Å²) in [6, 6.07) is 11.7. The SMILES string of the molecule is Cc1ccc(C(=O)CSc2ncnc3ccccc23)s1. The third-order valence-electron chi connectivity index (χ3n) is 2.86. The highest BCUT2D eigenvalue weighted by molar-refractivity contribution is 8.00. The summed E-state index contributed by atoms with van der Waals surface area (Å²) >= 11 is 3.01. The highest BCUT2D eigenvalue weighted by atomic mass is 32.2. The average Bonchev–Trinajstić information content (AvgIpc) is 2.91. The third kappa shape index (κ3) is 2.73. The highest BCUT2D eigenvalue weighted by Gasteiger charge is 2.11. The van der Waals surface area contributed by atoms with E-state index in [2.05, 4.69) is 9.97 Å². The van der Waals surface area contributed by atoms with Crippen LogP contribution in [-0.4, -0.2) is 21.5 Å². The van der Waals surface area contributed by atoms with Gasteiger partial charge < -0.3 is 0 Å². The Hall–Kier alpha value is -1.72. The Morgan fingerprint density at radius 1 is 1.20 bits per heavy atom. The number of carbonyl (C=O) groups is 1. The monoisotopic (exact) mass is 300 g/mol. The van der Waals surface area contributed by atoms with Gasteiger partial charge >= 0.3 is 0 Å². The zero-order valence-electron chi connectivity index (χ0n) is 10.9. The fourth-order valence-electron chi connectivity index (χ4n) is 1.88. The number of rotatable bonds is 4. The number of hydrogen-bond acceptors (Lipinski definition) is 5. The molecule has 0 fully saturated rings. The van der Waals surface area contributed by atoms with Gasteiger partial charge in [-0.15, -0.1) is 11.3 Å². The molecular formula is C15H12N2OS2. The Kier molecular flexibility index (Phi) is 3.80. The van der Waals surface area contributed by atoms with Gasteiger partial charge in [-0.2, -0.15) is 0 Å². The van der Waals surface area contributed by atoms with Crippen molar-refractivity contribution >= 4 is 39.8 Å². The van der Waals surface area contributed by atoms with Gasteiger partial charge in [0.15, 0.2) is 5.78 Å². The molecule has 0 aliphatic heterocycles. The van der Waals surface area contributed by atoms with Crippen molar-refractivity contribution in [1.82, 2.24) is 9.97 Å². The van der Waals surface area contributed by atoms with Crippen molar-refractivity contribution in [2.75, 3.05) is 5.75 Å². The van der Waals surface area contributed by atoms with Gasteiger partial charge in [0.25, 0.3) is 0 Å². The van der Waals surface area contributed by atoms with Crippen LogP contribution in [0, 0.1) is 6.92 Å². The molecule has 1 aromatic carbocycles. The van der Waals surface area contributed by atoms with Crippen LogP contribution in [0.4, 0.5) is 0 Å². The van der Waals surface area contributed by atoms with E-state index in [1.165, 1.54) is 23.1 Å². The lowest BCUT2D eigenvalue weighted by Crippen LogP contribution is -2.00. The molecule has 0 amide bonds. The minimum absolute atomic E-state index is 0.149. The fraction of sp³-hybridized carbons (Fsp3) is 0.133. The Bertz CT molecular complexity index is 762. The Morgan fingerprint density at radius 2 is 2.05 bits per heavy atom. The van der Waals surface area contributed by atoms with Crippen LogP contribution in [0.2, 0.25) is 0 Å². The number of para-hydroxylation sites is 1. The van der Waals surface area contributed by atoms with Gasteiger partial charge in [0.05, 0.1) is 16.1 Å². The first-order valence-corrected chi connectivity index (χ1v) is 7.96. The van der Waals surface area contributed by atoms with Gasteiger partial charge in [-0.1, -0.05) is 30.0 Å². The average molecular weight is 300 g/mol. The number of carbonyl (C=O) groups excluding carboxylic acids is 1. The number of benzene rings is 1. The summed E-state index contributed by atoms with van der Waals surface area (Å²) in [5.41, 5.74) is 0.907. The lowest BCUT2D eigenvalue weighted by molar-refractivity contribution is 0.102. The van der Waals surface area contributed by atoms with Crippen LogP contribution in [0.1, 0.15) is 14.5 Å². The second-order valence-corrected chi connectivity index (χ2v) is 6.57. The summed E-state index contributed by atoms with van der Waals surface area (Å²) in [6.45, 7) is 2.01. The van der Waals surface area contributed by atoms with E-state index in [0.29, 0.717) is 5.75 Å². The maximum Gasteiger partial charge on any atom is 0.183 e. The topological polar surface area (TPSA) is 42.9 Å². The molecule has 0 atom stereocenters. The molecular weight excluding hydrogens is 288 g/mol. The van der Waals surface area contributed by atoms with Crippen molar-refractivity contribution in [2.24, 2.45) is 0 Å². The lowest BCUT2D eigenvalue weighted by Gasteiger charge is -2.03. The molecule has 3 aromatic rings. The summed E-state index contributed by atoms with van der Waals surface area (Å²) in [6.07, 6.45) is 1.55. The zero-order chi connectivity index (χ0) is 13.9. The number of thiophene rings is 1. The van der Waals surface area contributed by atoms with Gasteiger partial charge in [-0.25, -0.2) is 9.97 Å². The highest BCUT2D eigenvalue weighted by Crippen LogP contribution is 2.26. The molecule has 0 unspecified atom stereocenters. The fourth-order valence-corrected chi connectivity index (χ4v) is 3.65. The lowest BCUT2D eigenvalue weighted by atomic mass is 10.2. The molecule has 0 aliphatic carbocycles. The van der Waals surface area contributed by atoms with E-state index < -0.39 is 0 Å². The van der Waals surface area contributed by atoms with E-state index in [1.54, 1.807) is 6.33 Å². The maximum absolute atomic E-state index is 12.1. The number of ketones is 1. The van der Waals surface area contributed by atoms with Crippen LogP contribution in [0.5, 0.6) is 0 Å². The van der Waals surface area contributed by atoms with Gasteiger partial charge in [-0.3, -0.25) is 4.79 Å².